The van der Waals surface area contributed by atoms with Crippen LogP contribution in [0, 0.1) is 24.4 Å². The van der Waals surface area contributed by atoms with Crippen molar-refractivity contribution in [2.24, 2.45) is 0 Å². The van der Waals surface area contributed by atoms with Crippen molar-refractivity contribution >= 4 is 25.2 Å². The minimum atomic E-state index is -1.05. The van der Waals surface area contributed by atoms with E-state index in [1.165, 1.54) is 31.2 Å². The lowest BCUT2D eigenvalue weighted by Gasteiger charge is -2.20. The fraction of sp³-hybridized carbons (Fsp3) is 0.375. The molecule has 33 heavy (non-hydrogen) atoms. The van der Waals surface area contributed by atoms with E-state index in [4.69, 9.17) is 9.59 Å². The van der Waals surface area contributed by atoms with Crippen molar-refractivity contribution in [2.45, 2.75) is 45.3 Å². The van der Waals surface area contributed by atoms with Gasteiger partial charge >= 0.3 is 0 Å². The van der Waals surface area contributed by atoms with Crippen molar-refractivity contribution in [3.63, 3.8) is 0 Å². The first kappa shape index (κ1) is 30.0. The van der Waals surface area contributed by atoms with Gasteiger partial charge in [0.05, 0.1) is 6.10 Å². The molecule has 9 heteroatoms. The van der Waals surface area contributed by atoms with Gasteiger partial charge in [-0.1, -0.05) is 0 Å². The molecule has 0 aliphatic carbocycles. The third kappa shape index (κ3) is 10.4. The standard InChI is InChI=1S/C14H10F3NO.C8H17NO.2CH2O/c1-8-6-9(2-4-11(8)15)14(19)18-10-3-5-12(16)13(17)7-10;1-7-3-4-8(10)5-6-9(7)2;2*1-2/h2-7H,1H3,(H,18,19);7-8,10H,3-6H2,1-2H3;2*1H2. The Kier molecular flexibility index (Phi) is 14.3. The molecule has 3 rings (SSSR count). The quantitative estimate of drug-likeness (QED) is 0.692. The van der Waals surface area contributed by atoms with Gasteiger partial charge in [-0.3, -0.25) is 4.79 Å². The molecule has 2 atom stereocenters. The van der Waals surface area contributed by atoms with Crippen molar-refractivity contribution in [2.75, 3.05) is 18.9 Å². The summed E-state index contributed by atoms with van der Waals surface area (Å²) in [5.41, 5.74) is 0.701. The third-order valence-corrected chi connectivity index (χ3v) is 5.08. The monoisotopic (exact) mass is 468 g/mol. The maximum Gasteiger partial charge on any atom is 0.255 e. The van der Waals surface area contributed by atoms with Crippen molar-refractivity contribution in [3.05, 3.63) is 65.0 Å². The van der Waals surface area contributed by atoms with Crippen LogP contribution in [0.2, 0.25) is 0 Å². The van der Waals surface area contributed by atoms with Gasteiger partial charge in [0.15, 0.2) is 11.6 Å². The number of aryl methyl sites for hydroxylation is 1. The smallest absolute Gasteiger partial charge is 0.255 e. The number of hydrogen-bond donors (Lipinski definition) is 2. The maximum absolute atomic E-state index is 13.1. The summed E-state index contributed by atoms with van der Waals surface area (Å²) in [6, 6.07) is 7.56. The number of nitrogens with one attached hydrogen (secondary N) is 1. The fourth-order valence-electron chi connectivity index (χ4n) is 2.93. The highest BCUT2D eigenvalue weighted by atomic mass is 19.2. The maximum atomic E-state index is 13.1. The van der Waals surface area contributed by atoms with E-state index in [1.807, 2.05) is 13.6 Å². The number of aliphatic hydroxyl groups excluding tert-OH is 1. The van der Waals surface area contributed by atoms with E-state index in [0.717, 1.165) is 37.9 Å². The van der Waals surface area contributed by atoms with E-state index in [-0.39, 0.29) is 17.4 Å². The highest BCUT2D eigenvalue weighted by Crippen LogP contribution is 2.16. The molecule has 2 aromatic rings. The number of carbonyl (C=O) groups excluding carboxylic acids is 3. The summed E-state index contributed by atoms with van der Waals surface area (Å²) in [5.74, 6) is -2.97. The molecular formula is C24H31F3N2O4. The van der Waals surface area contributed by atoms with Gasteiger partial charge in [-0.2, -0.15) is 0 Å². The highest BCUT2D eigenvalue weighted by Gasteiger charge is 2.17. The van der Waals surface area contributed by atoms with Crippen molar-refractivity contribution in [1.29, 1.82) is 0 Å². The first-order chi connectivity index (χ1) is 15.7. The lowest BCUT2D eigenvalue weighted by Crippen LogP contribution is -2.28. The molecule has 0 spiro atoms. The number of hydrogen-bond acceptors (Lipinski definition) is 5. The average molecular weight is 469 g/mol. The third-order valence-electron chi connectivity index (χ3n) is 5.08. The molecule has 1 heterocycles. The molecule has 1 aliphatic rings. The zero-order valence-electron chi connectivity index (χ0n) is 19.1. The lowest BCUT2D eigenvalue weighted by molar-refractivity contribution is -0.0987. The minimum absolute atomic E-state index is 0.0487. The highest BCUT2D eigenvalue weighted by molar-refractivity contribution is 6.04. The molecule has 0 bridgehead atoms. The van der Waals surface area contributed by atoms with Crippen LogP contribution < -0.4 is 5.32 Å². The molecule has 2 aromatic carbocycles. The van der Waals surface area contributed by atoms with Crippen LogP contribution in [0.1, 0.15) is 42.1 Å². The second-order valence-electron chi connectivity index (χ2n) is 7.40. The first-order valence-corrected chi connectivity index (χ1v) is 10.2. The number of benzene rings is 2. The first-order valence-electron chi connectivity index (χ1n) is 10.2. The van der Waals surface area contributed by atoms with E-state index < -0.39 is 23.4 Å². The Hall–Kier alpha value is -3.04. The number of anilines is 1. The number of aliphatic hydroxyl groups is 1. The summed E-state index contributed by atoms with van der Waals surface area (Å²) in [5, 5.41) is 11.7. The second kappa shape index (κ2) is 15.7. The molecule has 0 aromatic heterocycles. The molecule has 1 fully saturated rings. The zero-order chi connectivity index (χ0) is 25.6. The summed E-state index contributed by atoms with van der Waals surface area (Å²) in [6.07, 6.45) is 3.01. The Bertz CT molecular complexity index is 869. The Morgan fingerprint density at radius 1 is 0.970 bits per heavy atom. The van der Waals surface area contributed by atoms with Gasteiger partial charge in [0.25, 0.3) is 5.91 Å². The Morgan fingerprint density at radius 3 is 2.15 bits per heavy atom. The van der Waals surface area contributed by atoms with Gasteiger partial charge in [-0.25, -0.2) is 13.2 Å². The molecule has 6 nitrogen and oxygen atoms in total. The summed E-state index contributed by atoms with van der Waals surface area (Å²) in [4.78, 5) is 30.1. The number of rotatable bonds is 2. The molecule has 0 radical (unpaired) electrons. The largest absolute Gasteiger partial charge is 0.393 e. The molecular weight excluding hydrogens is 437 g/mol. The van der Waals surface area contributed by atoms with Crippen molar-refractivity contribution in [3.8, 4) is 0 Å². The molecule has 2 unspecified atom stereocenters. The SMILES string of the molecule is C=O.C=O.CC1CCC(O)CCN1C.Cc1cc(C(=O)Nc2ccc(F)c(F)c2)ccc1F. The van der Waals surface area contributed by atoms with Gasteiger partial charge in [-0.15, -0.1) is 0 Å². The predicted molar refractivity (Wildman–Crippen MR) is 122 cm³/mol. The van der Waals surface area contributed by atoms with E-state index in [0.29, 0.717) is 11.6 Å². The summed E-state index contributed by atoms with van der Waals surface area (Å²) >= 11 is 0. The van der Waals surface area contributed by atoms with Crippen LogP contribution in [-0.2, 0) is 9.59 Å². The van der Waals surface area contributed by atoms with Crippen molar-refractivity contribution < 1.29 is 32.7 Å². The van der Waals surface area contributed by atoms with Gasteiger partial charge in [-0.05, 0) is 76.1 Å². The molecule has 182 valence electrons. The van der Waals surface area contributed by atoms with Crippen LogP contribution in [0.3, 0.4) is 0 Å². The molecule has 1 saturated heterocycles. The van der Waals surface area contributed by atoms with Crippen LogP contribution in [0.25, 0.3) is 0 Å². The number of carbonyl (C=O) groups is 3. The molecule has 1 aliphatic heterocycles. The normalized spacial score (nSPS) is 17.5. The molecule has 0 saturated carbocycles. The Morgan fingerprint density at radius 2 is 1.58 bits per heavy atom. The summed E-state index contributed by atoms with van der Waals surface area (Å²) in [6.45, 7) is 8.80. The Labute approximate surface area is 192 Å². The molecule has 2 N–H and O–H groups in total. The number of likely N-dealkylation sites (tertiary alicyclic amines) is 1. The zero-order valence-corrected chi connectivity index (χ0v) is 19.1. The number of amides is 1. The van der Waals surface area contributed by atoms with E-state index in [1.54, 1.807) is 0 Å². The fourth-order valence-corrected chi connectivity index (χ4v) is 2.93. The van der Waals surface area contributed by atoms with Crippen molar-refractivity contribution in [1.82, 2.24) is 4.90 Å². The molecule has 1 amide bonds. The topological polar surface area (TPSA) is 86.7 Å². The van der Waals surface area contributed by atoms with Crippen LogP contribution in [0.15, 0.2) is 36.4 Å². The lowest BCUT2D eigenvalue weighted by atomic mass is 10.1. The van der Waals surface area contributed by atoms with Gasteiger partial charge in [0.1, 0.15) is 19.4 Å². The second-order valence-corrected chi connectivity index (χ2v) is 7.40. The van der Waals surface area contributed by atoms with Crippen LogP contribution in [0.4, 0.5) is 18.9 Å². The van der Waals surface area contributed by atoms with E-state index in [2.05, 4.69) is 24.2 Å². The summed E-state index contributed by atoms with van der Waals surface area (Å²) < 4.78 is 38.8. The van der Waals surface area contributed by atoms with Crippen LogP contribution in [0.5, 0.6) is 0 Å². The minimum Gasteiger partial charge on any atom is -0.393 e. The average Bonchev–Trinajstić information content (AvgIpc) is 2.96. The predicted octanol–water partition coefficient (Wildman–Crippen LogP) is 4.15. The number of nitrogens with zero attached hydrogens (tertiary/aromatic N) is 1. The van der Waals surface area contributed by atoms with E-state index >= 15 is 0 Å². The van der Waals surface area contributed by atoms with E-state index in [9.17, 15) is 23.1 Å². The van der Waals surface area contributed by atoms with Crippen LogP contribution in [-0.4, -0.2) is 55.2 Å². The number of halogens is 3. The Balaban J connectivity index is 0.000000617. The van der Waals surface area contributed by atoms with Crippen LogP contribution >= 0.6 is 0 Å². The van der Waals surface area contributed by atoms with Gasteiger partial charge in [0.2, 0.25) is 0 Å². The summed E-state index contributed by atoms with van der Waals surface area (Å²) in [7, 11) is 2.13. The van der Waals surface area contributed by atoms with Gasteiger partial charge in [0, 0.05) is 29.9 Å². The van der Waals surface area contributed by atoms with Gasteiger partial charge < -0.3 is 24.9 Å².